The highest BCUT2D eigenvalue weighted by molar-refractivity contribution is 5.77. The number of carboxylic acids is 1. The van der Waals surface area contributed by atoms with E-state index in [1.807, 2.05) is 0 Å². The van der Waals surface area contributed by atoms with Crippen LogP contribution in [0, 0.1) is 5.82 Å². The Bertz CT molecular complexity index is 385. The zero-order chi connectivity index (χ0) is 12.3. The molecule has 0 aliphatic rings. The smallest absolute Gasteiger partial charge is 0.312 e. The van der Waals surface area contributed by atoms with Gasteiger partial charge in [-0.05, 0) is 0 Å². The molecular formula is C10H12FNO4. The van der Waals surface area contributed by atoms with E-state index in [1.165, 1.54) is 7.11 Å². The van der Waals surface area contributed by atoms with Crippen LogP contribution in [-0.4, -0.2) is 29.8 Å². The Kier molecular flexibility index (Phi) is 3.68. The van der Waals surface area contributed by atoms with Crippen LogP contribution in [0.25, 0.3) is 0 Å². The van der Waals surface area contributed by atoms with Gasteiger partial charge in [0.25, 0.3) is 0 Å². The van der Waals surface area contributed by atoms with Gasteiger partial charge in [-0.25, -0.2) is 4.39 Å². The Morgan fingerprint density at radius 1 is 1.62 bits per heavy atom. The summed E-state index contributed by atoms with van der Waals surface area (Å²) in [6.07, 6.45) is 0. The van der Waals surface area contributed by atoms with Gasteiger partial charge in [-0.15, -0.1) is 0 Å². The van der Waals surface area contributed by atoms with Crippen LogP contribution in [0.2, 0.25) is 0 Å². The highest BCUT2D eigenvalue weighted by Gasteiger charge is 2.25. The van der Waals surface area contributed by atoms with Crippen LogP contribution in [0.5, 0.6) is 11.5 Å². The third-order valence-corrected chi connectivity index (χ3v) is 2.20. The molecule has 1 unspecified atom stereocenters. The van der Waals surface area contributed by atoms with Crippen LogP contribution >= 0.6 is 0 Å². The molecule has 1 aromatic carbocycles. The summed E-state index contributed by atoms with van der Waals surface area (Å²) >= 11 is 0. The van der Waals surface area contributed by atoms with Gasteiger partial charge in [0.1, 0.15) is 23.2 Å². The predicted molar refractivity (Wildman–Crippen MR) is 54.0 cm³/mol. The molecule has 0 spiro atoms. The van der Waals surface area contributed by atoms with E-state index in [1.54, 1.807) is 0 Å². The molecule has 4 N–H and O–H groups in total. The lowest BCUT2D eigenvalue weighted by atomic mass is 9.97. The highest BCUT2D eigenvalue weighted by Crippen LogP contribution is 2.32. The second kappa shape index (κ2) is 4.80. The number of aromatic hydroxyl groups is 1. The van der Waals surface area contributed by atoms with E-state index in [4.69, 9.17) is 15.6 Å². The molecule has 0 fully saturated rings. The molecule has 0 bridgehead atoms. The van der Waals surface area contributed by atoms with E-state index < -0.39 is 23.5 Å². The first-order valence-corrected chi connectivity index (χ1v) is 4.50. The number of hydrogen-bond donors (Lipinski definition) is 3. The van der Waals surface area contributed by atoms with Gasteiger partial charge in [-0.2, -0.15) is 0 Å². The summed E-state index contributed by atoms with van der Waals surface area (Å²) in [5.41, 5.74) is 4.90. The minimum Gasteiger partial charge on any atom is -0.507 e. The monoisotopic (exact) mass is 229 g/mol. The number of aliphatic carboxylic acids is 1. The van der Waals surface area contributed by atoms with Crippen LogP contribution in [0.1, 0.15) is 11.5 Å². The van der Waals surface area contributed by atoms with Crippen LogP contribution in [0.15, 0.2) is 12.1 Å². The fraction of sp³-hybridized carbons (Fsp3) is 0.300. The predicted octanol–water partition coefficient (Wildman–Crippen LogP) is 0.667. The molecule has 0 saturated carbocycles. The molecule has 0 amide bonds. The first kappa shape index (κ1) is 12.3. The second-order valence-electron chi connectivity index (χ2n) is 3.17. The fourth-order valence-corrected chi connectivity index (χ4v) is 1.38. The SMILES string of the molecule is COc1cc(O)c(C(CN)C(=O)O)c(F)c1. The number of ether oxygens (including phenoxy) is 1. The average molecular weight is 229 g/mol. The maximum Gasteiger partial charge on any atom is 0.312 e. The standard InChI is InChI=1S/C10H12FNO4/c1-16-5-2-7(11)9(8(13)3-5)6(4-12)10(14)15/h2-3,6,13H,4,12H2,1H3,(H,14,15). The van der Waals surface area contributed by atoms with Gasteiger partial charge in [-0.1, -0.05) is 0 Å². The quantitative estimate of drug-likeness (QED) is 0.705. The summed E-state index contributed by atoms with van der Waals surface area (Å²) in [7, 11) is 1.31. The number of phenols is 1. The molecule has 0 aromatic heterocycles. The maximum absolute atomic E-state index is 13.5. The topological polar surface area (TPSA) is 92.8 Å². The number of rotatable bonds is 4. The van der Waals surface area contributed by atoms with E-state index in [0.717, 1.165) is 12.1 Å². The lowest BCUT2D eigenvalue weighted by molar-refractivity contribution is -0.138. The van der Waals surface area contributed by atoms with Crippen molar-refractivity contribution in [3.05, 3.63) is 23.5 Å². The molecule has 6 heteroatoms. The van der Waals surface area contributed by atoms with Gasteiger partial charge in [0.05, 0.1) is 7.11 Å². The number of methoxy groups -OCH3 is 1. The number of carboxylic acid groups (broad SMARTS) is 1. The van der Waals surface area contributed by atoms with E-state index >= 15 is 0 Å². The molecular weight excluding hydrogens is 217 g/mol. The number of hydrogen-bond acceptors (Lipinski definition) is 4. The Morgan fingerprint density at radius 2 is 2.25 bits per heavy atom. The Balaban J connectivity index is 3.27. The van der Waals surface area contributed by atoms with Crippen molar-refractivity contribution in [3.63, 3.8) is 0 Å². The molecule has 1 atom stereocenters. The van der Waals surface area contributed by atoms with Gasteiger partial charge in [-0.3, -0.25) is 4.79 Å². The summed E-state index contributed by atoms with van der Waals surface area (Å²) in [4.78, 5) is 10.8. The zero-order valence-electron chi connectivity index (χ0n) is 8.61. The molecule has 0 heterocycles. The summed E-state index contributed by atoms with van der Waals surface area (Å²) in [5, 5.41) is 18.3. The Morgan fingerprint density at radius 3 is 2.62 bits per heavy atom. The number of carbonyl (C=O) groups is 1. The zero-order valence-corrected chi connectivity index (χ0v) is 8.61. The van der Waals surface area contributed by atoms with Crippen molar-refractivity contribution in [2.75, 3.05) is 13.7 Å². The number of phenolic OH excluding ortho intramolecular Hbond substituents is 1. The van der Waals surface area contributed by atoms with Crippen molar-refractivity contribution >= 4 is 5.97 Å². The van der Waals surface area contributed by atoms with Gasteiger partial charge < -0.3 is 20.7 Å². The third-order valence-electron chi connectivity index (χ3n) is 2.20. The van der Waals surface area contributed by atoms with Crippen molar-refractivity contribution in [2.24, 2.45) is 5.73 Å². The van der Waals surface area contributed by atoms with Gasteiger partial charge in [0.15, 0.2) is 0 Å². The fourth-order valence-electron chi connectivity index (χ4n) is 1.38. The van der Waals surface area contributed by atoms with Gasteiger partial charge in [0, 0.05) is 24.2 Å². The molecule has 1 rings (SSSR count). The first-order valence-electron chi connectivity index (χ1n) is 4.50. The summed E-state index contributed by atoms with van der Waals surface area (Å²) < 4.78 is 18.3. The van der Waals surface area contributed by atoms with E-state index in [2.05, 4.69) is 0 Å². The van der Waals surface area contributed by atoms with Crippen LogP contribution in [0.4, 0.5) is 4.39 Å². The second-order valence-corrected chi connectivity index (χ2v) is 3.17. The number of benzene rings is 1. The molecule has 0 saturated heterocycles. The molecule has 0 aliphatic carbocycles. The molecule has 0 radical (unpaired) electrons. The minimum atomic E-state index is -1.29. The number of halogens is 1. The Labute approximate surface area is 91.3 Å². The van der Waals surface area contributed by atoms with Crippen molar-refractivity contribution in [3.8, 4) is 11.5 Å². The average Bonchev–Trinajstić information content (AvgIpc) is 2.22. The molecule has 5 nitrogen and oxygen atoms in total. The van der Waals surface area contributed by atoms with Crippen molar-refractivity contribution < 1.29 is 24.1 Å². The normalized spacial score (nSPS) is 12.2. The lowest BCUT2D eigenvalue weighted by Gasteiger charge is -2.14. The Hall–Kier alpha value is -1.82. The van der Waals surface area contributed by atoms with E-state index in [0.29, 0.717) is 0 Å². The van der Waals surface area contributed by atoms with Crippen molar-refractivity contribution in [2.45, 2.75) is 5.92 Å². The summed E-state index contributed by atoms with van der Waals surface area (Å²) in [6.45, 7) is -0.299. The van der Waals surface area contributed by atoms with E-state index in [9.17, 15) is 14.3 Å². The molecule has 0 aliphatic heterocycles. The highest BCUT2D eigenvalue weighted by atomic mass is 19.1. The van der Waals surface area contributed by atoms with Crippen LogP contribution in [-0.2, 0) is 4.79 Å². The first-order chi connectivity index (χ1) is 7.51. The largest absolute Gasteiger partial charge is 0.507 e. The van der Waals surface area contributed by atoms with Crippen molar-refractivity contribution in [1.82, 2.24) is 0 Å². The molecule has 16 heavy (non-hydrogen) atoms. The van der Waals surface area contributed by atoms with Crippen LogP contribution < -0.4 is 10.5 Å². The minimum absolute atomic E-state index is 0.111. The van der Waals surface area contributed by atoms with Gasteiger partial charge in [0.2, 0.25) is 0 Å². The van der Waals surface area contributed by atoms with Crippen molar-refractivity contribution in [1.29, 1.82) is 0 Å². The molecule has 1 aromatic rings. The third kappa shape index (κ3) is 2.22. The lowest BCUT2D eigenvalue weighted by Crippen LogP contribution is -2.22. The summed E-state index contributed by atoms with van der Waals surface area (Å²) in [5.74, 6) is -3.78. The number of nitrogens with two attached hydrogens (primary N) is 1. The molecule has 88 valence electrons. The maximum atomic E-state index is 13.5. The van der Waals surface area contributed by atoms with E-state index in [-0.39, 0.29) is 17.9 Å². The van der Waals surface area contributed by atoms with Crippen LogP contribution in [0.3, 0.4) is 0 Å². The summed E-state index contributed by atoms with van der Waals surface area (Å²) in [6, 6.07) is 2.14. The van der Waals surface area contributed by atoms with Gasteiger partial charge >= 0.3 is 5.97 Å².